The molecule has 1 aliphatic carbocycles. The lowest BCUT2D eigenvalue weighted by molar-refractivity contribution is -0.00470. The first-order valence-electron chi connectivity index (χ1n) is 15.2. The van der Waals surface area contributed by atoms with Gasteiger partial charge in [0.1, 0.15) is 18.1 Å². The van der Waals surface area contributed by atoms with Crippen molar-refractivity contribution in [2.45, 2.75) is 65.2 Å². The number of methoxy groups -OCH3 is 1. The van der Waals surface area contributed by atoms with E-state index in [4.69, 9.17) is 28.4 Å². The molecule has 0 radical (unpaired) electrons. The first-order chi connectivity index (χ1) is 20.3. The maximum Gasteiger partial charge on any atom is 0.412 e. The van der Waals surface area contributed by atoms with Crippen LogP contribution in [-0.4, -0.2) is 89.8 Å². The number of allylic oxidation sites excluding steroid dienone is 3. The van der Waals surface area contributed by atoms with Gasteiger partial charge in [0.05, 0.1) is 46.2 Å². The van der Waals surface area contributed by atoms with Gasteiger partial charge in [0.25, 0.3) is 0 Å². The van der Waals surface area contributed by atoms with Crippen molar-refractivity contribution in [3.05, 3.63) is 47.1 Å². The molecular formula is C33H53NO8. The topological polar surface area (TPSA) is 95.9 Å². The highest BCUT2D eigenvalue weighted by Gasteiger charge is 2.31. The Kier molecular flexibility index (Phi) is 17.2. The van der Waals surface area contributed by atoms with Gasteiger partial charge in [0, 0.05) is 25.6 Å². The molecule has 1 aromatic carbocycles. The van der Waals surface area contributed by atoms with Crippen LogP contribution in [0.5, 0.6) is 11.5 Å². The van der Waals surface area contributed by atoms with Gasteiger partial charge in [-0.05, 0) is 63.1 Å². The van der Waals surface area contributed by atoms with Gasteiger partial charge in [0.2, 0.25) is 0 Å². The van der Waals surface area contributed by atoms with Crippen molar-refractivity contribution >= 4 is 6.09 Å². The Balaban J connectivity index is 1.91. The summed E-state index contributed by atoms with van der Waals surface area (Å²) < 4.78 is 32.7. The Morgan fingerprint density at radius 1 is 1.02 bits per heavy atom. The summed E-state index contributed by atoms with van der Waals surface area (Å²) in [5.41, 5.74) is 4.15. The van der Waals surface area contributed by atoms with E-state index < -0.39 is 6.09 Å². The number of rotatable bonds is 21. The minimum Gasteiger partial charge on any atom is -0.507 e. The molecule has 0 aliphatic heterocycles. The lowest BCUT2D eigenvalue weighted by Crippen LogP contribution is -2.32. The van der Waals surface area contributed by atoms with Crippen molar-refractivity contribution in [2.75, 3.05) is 73.7 Å². The van der Waals surface area contributed by atoms with Gasteiger partial charge in [-0.2, -0.15) is 0 Å². The molecule has 2 atom stereocenters. The Hall–Kier alpha value is -2.59. The highest BCUT2D eigenvalue weighted by Crippen LogP contribution is 2.47. The van der Waals surface area contributed by atoms with E-state index in [1.807, 2.05) is 19.1 Å². The Labute approximate surface area is 252 Å². The van der Waals surface area contributed by atoms with Crippen LogP contribution in [0.2, 0.25) is 0 Å². The summed E-state index contributed by atoms with van der Waals surface area (Å²) in [5.74, 6) is 0.981. The Morgan fingerprint density at radius 3 is 2.29 bits per heavy atom. The summed E-state index contributed by atoms with van der Waals surface area (Å²) in [5, 5.41) is 11.2. The fraction of sp³-hybridized carbons (Fsp3) is 0.667. The summed E-state index contributed by atoms with van der Waals surface area (Å²) in [7, 11) is 3.25. The van der Waals surface area contributed by atoms with E-state index in [0.717, 1.165) is 55.2 Å². The van der Waals surface area contributed by atoms with Crippen molar-refractivity contribution in [3.63, 3.8) is 0 Å². The molecule has 0 heterocycles. The highest BCUT2D eigenvalue weighted by molar-refractivity contribution is 5.67. The van der Waals surface area contributed by atoms with Gasteiger partial charge < -0.3 is 33.5 Å². The number of phenols is 1. The molecule has 0 aromatic heterocycles. The minimum absolute atomic E-state index is 0.0159. The minimum atomic E-state index is -0.513. The van der Waals surface area contributed by atoms with Gasteiger partial charge in [-0.1, -0.05) is 43.6 Å². The average Bonchev–Trinajstić information content (AvgIpc) is 2.96. The third kappa shape index (κ3) is 12.7. The van der Waals surface area contributed by atoms with E-state index in [-0.39, 0.29) is 37.5 Å². The zero-order valence-corrected chi connectivity index (χ0v) is 26.5. The van der Waals surface area contributed by atoms with E-state index in [1.54, 1.807) is 14.2 Å². The molecule has 0 saturated carbocycles. The molecule has 0 fully saturated rings. The van der Waals surface area contributed by atoms with E-state index in [9.17, 15) is 9.90 Å². The van der Waals surface area contributed by atoms with Crippen LogP contribution < -0.4 is 4.74 Å². The molecule has 2 unspecified atom stereocenters. The number of aromatic hydroxyl groups is 1. The number of nitrogens with zero attached hydrogens (tertiary/aromatic N) is 1. The number of benzene rings is 1. The summed E-state index contributed by atoms with van der Waals surface area (Å²) in [4.78, 5) is 13.9. The fourth-order valence-electron chi connectivity index (χ4n) is 4.95. The number of unbranched alkanes of at least 4 members (excludes halogenated alkanes) is 2. The monoisotopic (exact) mass is 591 g/mol. The molecule has 0 spiro atoms. The summed E-state index contributed by atoms with van der Waals surface area (Å²) in [6.07, 6.45) is 7.83. The van der Waals surface area contributed by atoms with Gasteiger partial charge in [-0.25, -0.2) is 4.79 Å². The zero-order valence-electron chi connectivity index (χ0n) is 26.5. The smallest absolute Gasteiger partial charge is 0.412 e. The molecule has 2 rings (SSSR count). The van der Waals surface area contributed by atoms with Gasteiger partial charge in [0.15, 0.2) is 6.73 Å². The second-order valence-electron chi connectivity index (χ2n) is 10.9. The standard InChI is InChI=1S/C33H53NO8/c1-7-8-9-10-27-22-30(35)32(29-21-26(4)11-12-28(29)25(2)3)31(23-27)42-24-34(5)33(36)41-20-19-40-18-17-39-16-15-38-14-13-37-6/h21-23,28-29,35H,2,7-20,24H2,1,3-6H3. The number of carbonyl (C=O) groups excluding carboxylic acids is 1. The van der Waals surface area contributed by atoms with Crippen LogP contribution in [0.25, 0.3) is 0 Å². The Morgan fingerprint density at radius 2 is 1.67 bits per heavy atom. The Bertz CT molecular complexity index is 979. The van der Waals surface area contributed by atoms with Crippen LogP contribution in [-0.2, 0) is 30.1 Å². The molecule has 42 heavy (non-hydrogen) atoms. The predicted molar refractivity (Wildman–Crippen MR) is 164 cm³/mol. The number of carbonyl (C=O) groups is 1. The van der Waals surface area contributed by atoms with Crippen molar-refractivity contribution in [3.8, 4) is 11.5 Å². The van der Waals surface area contributed by atoms with Crippen molar-refractivity contribution in [1.29, 1.82) is 0 Å². The van der Waals surface area contributed by atoms with Gasteiger partial charge >= 0.3 is 6.09 Å². The van der Waals surface area contributed by atoms with Crippen LogP contribution in [0.15, 0.2) is 35.9 Å². The molecule has 1 aromatic rings. The number of amides is 1. The zero-order chi connectivity index (χ0) is 30.7. The van der Waals surface area contributed by atoms with Crippen molar-refractivity contribution in [2.24, 2.45) is 5.92 Å². The second-order valence-corrected chi connectivity index (χ2v) is 10.9. The molecule has 0 saturated heterocycles. The lowest BCUT2D eigenvalue weighted by Gasteiger charge is -2.32. The maximum atomic E-state index is 12.6. The second kappa shape index (κ2) is 20.3. The van der Waals surface area contributed by atoms with Crippen LogP contribution in [0.4, 0.5) is 4.79 Å². The molecule has 1 N–H and O–H groups in total. The van der Waals surface area contributed by atoms with E-state index in [1.165, 1.54) is 10.5 Å². The highest BCUT2D eigenvalue weighted by atomic mass is 16.6. The molecule has 0 bridgehead atoms. The molecule has 9 heteroatoms. The first-order valence-corrected chi connectivity index (χ1v) is 15.2. The van der Waals surface area contributed by atoms with E-state index in [2.05, 4.69) is 26.5 Å². The van der Waals surface area contributed by atoms with E-state index >= 15 is 0 Å². The van der Waals surface area contributed by atoms with Crippen molar-refractivity contribution < 1.29 is 38.3 Å². The van der Waals surface area contributed by atoms with Gasteiger partial charge in [-0.15, -0.1) is 0 Å². The molecular weight excluding hydrogens is 538 g/mol. The normalized spacial score (nSPS) is 16.6. The van der Waals surface area contributed by atoms with Crippen molar-refractivity contribution in [1.82, 2.24) is 4.90 Å². The average molecular weight is 592 g/mol. The van der Waals surface area contributed by atoms with Crippen LogP contribution >= 0.6 is 0 Å². The number of hydrogen-bond acceptors (Lipinski definition) is 8. The summed E-state index contributed by atoms with van der Waals surface area (Å²) >= 11 is 0. The van der Waals surface area contributed by atoms with Crippen LogP contribution in [0.3, 0.4) is 0 Å². The lowest BCUT2D eigenvalue weighted by atomic mass is 9.73. The molecule has 1 amide bonds. The maximum absolute atomic E-state index is 12.6. The van der Waals surface area contributed by atoms with Gasteiger partial charge in [-0.3, -0.25) is 4.90 Å². The fourth-order valence-corrected chi connectivity index (χ4v) is 4.95. The third-order valence-electron chi connectivity index (χ3n) is 7.32. The summed E-state index contributed by atoms with van der Waals surface area (Å²) in [6.45, 7) is 13.9. The first kappa shape index (κ1) is 35.6. The third-order valence-corrected chi connectivity index (χ3v) is 7.32. The molecule has 1 aliphatic rings. The molecule has 9 nitrogen and oxygen atoms in total. The number of phenolic OH excluding ortho intramolecular Hbond substituents is 1. The number of aryl methyl sites for hydroxylation is 1. The number of hydrogen-bond donors (Lipinski definition) is 1. The van der Waals surface area contributed by atoms with E-state index in [0.29, 0.717) is 45.4 Å². The SMILES string of the molecule is C=C(C)C1CCC(C)=CC1c1c(O)cc(CCCCC)cc1OCN(C)C(=O)OCCOCCOCCOCCOC. The largest absolute Gasteiger partial charge is 0.507 e. The predicted octanol–water partition coefficient (Wildman–Crippen LogP) is 6.24. The van der Waals surface area contributed by atoms with Crippen LogP contribution in [0, 0.1) is 5.92 Å². The van der Waals surface area contributed by atoms with Crippen LogP contribution in [0.1, 0.15) is 69.9 Å². The summed E-state index contributed by atoms with van der Waals surface area (Å²) in [6, 6.07) is 3.88. The number of ether oxygens (including phenoxy) is 6. The molecule has 238 valence electrons. The quantitative estimate of drug-likeness (QED) is 0.102.